The van der Waals surface area contributed by atoms with E-state index in [2.05, 4.69) is 5.32 Å². The van der Waals surface area contributed by atoms with Crippen LogP contribution in [-0.2, 0) is 17.0 Å². The Morgan fingerprint density at radius 1 is 0.857 bits per heavy atom. The third kappa shape index (κ3) is 6.18. The average Bonchev–Trinajstić information content (AvgIpc) is 2.69. The van der Waals surface area contributed by atoms with Crippen LogP contribution in [0.25, 0.3) is 0 Å². The van der Waals surface area contributed by atoms with Gasteiger partial charge in [0.25, 0.3) is 0 Å². The zero-order chi connectivity index (χ0) is 19.9. The fourth-order valence-corrected chi connectivity index (χ4v) is 4.01. The van der Waals surface area contributed by atoms with Crippen molar-refractivity contribution >= 4 is 58.2 Å². The minimum Gasteiger partial charge on any atom is -0.325 e. The van der Waals surface area contributed by atoms with Gasteiger partial charge < -0.3 is 5.32 Å². The number of benzene rings is 3. The largest absolute Gasteiger partial charge is 0.325 e. The number of halogens is 3. The Labute approximate surface area is 184 Å². The Morgan fingerprint density at radius 2 is 1.57 bits per heavy atom. The van der Waals surface area contributed by atoms with Crippen molar-refractivity contribution in [3.63, 3.8) is 0 Å². The Kier molecular flexibility index (Phi) is 7.69. The van der Waals surface area contributed by atoms with Gasteiger partial charge in [-0.15, -0.1) is 11.8 Å². The second-order valence-corrected chi connectivity index (χ2v) is 8.48. The van der Waals surface area contributed by atoms with Gasteiger partial charge in [0.15, 0.2) is 0 Å². The summed E-state index contributed by atoms with van der Waals surface area (Å²) in [6.45, 7) is 0. The third-order valence-corrected chi connectivity index (χ3v) is 6.23. The van der Waals surface area contributed by atoms with Gasteiger partial charge in [0.1, 0.15) is 0 Å². The van der Waals surface area contributed by atoms with Gasteiger partial charge in [-0.3, -0.25) is 4.79 Å². The summed E-state index contributed by atoms with van der Waals surface area (Å²) in [5, 5.41) is 4.76. The lowest BCUT2D eigenvalue weighted by Gasteiger charge is -2.11. The molecule has 0 bridgehead atoms. The van der Waals surface area contributed by atoms with E-state index in [1.807, 2.05) is 54.6 Å². The summed E-state index contributed by atoms with van der Waals surface area (Å²) >= 11 is 19.6. The molecule has 0 aromatic heterocycles. The molecular formula is C22H18Cl3NOS. The lowest BCUT2D eigenvalue weighted by Crippen LogP contribution is -2.13. The molecule has 1 N–H and O–H groups in total. The molecule has 0 aliphatic carbocycles. The molecular weight excluding hydrogens is 433 g/mol. The van der Waals surface area contributed by atoms with Gasteiger partial charge in [-0.1, -0.05) is 65.1 Å². The Hall–Kier alpha value is -1.65. The fourth-order valence-electron chi connectivity index (χ4n) is 2.60. The number of rotatable bonds is 7. The van der Waals surface area contributed by atoms with Gasteiger partial charge in [-0.05, 0) is 53.9 Å². The number of aryl methyl sites for hydroxylation is 1. The van der Waals surface area contributed by atoms with Gasteiger partial charge in [0.05, 0.1) is 15.7 Å². The maximum Gasteiger partial charge on any atom is 0.224 e. The second-order valence-electron chi connectivity index (χ2n) is 6.21. The highest BCUT2D eigenvalue weighted by atomic mass is 35.5. The van der Waals surface area contributed by atoms with Crippen molar-refractivity contribution in [3.05, 3.63) is 92.9 Å². The molecule has 0 radical (unpaired) electrons. The predicted molar refractivity (Wildman–Crippen MR) is 121 cm³/mol. The smallest absolute Gasteiger partial charge is 0.224 e. The number of hydrogen-bond donors (Lipinski definition) is 1. The fraction of sp³-hybridized carbons (Fsp3) is 0.136. The van der Waals surface area contributed by atoms with Crippen molar-refractivity contribution in [1.82, 2.24) is 0 Å². The van der Waals surface area contributed by atoms with E-state index in [0.717, 1.165) is 26.9 Å². The van der Waals surface area contributed by atoms with Crippen LogP contribution in [0.5, 0.6) is 0 Å². The minimum atomic E-state index is -0.0365. The zero-order valence-electron chi connectivity index (χ0n) is 14.9. The Bertz CT molecular complexity index is 960. The summed E-state index contributed by atoms with van der Waals surface area (Å²) in [5.74, 6) is 0.762. The van der Waals surface area contributed by atoms with Crippen LogP contribution in [0.1, 0.15) is 17.5 Å². The lowest BCUT2D eigenvalue weighted by molar-refractivity contribution is -0.116. The van der Waals surface area contributed by atoms with E-state index in [-0.39, 0.29) is 5.91 Å². The summed E-state index contributed by atoms with van der Waals surface area (Å²) in [6, 6.07) is 21.0. The van der Waals surface area contributed by atoms with E-state index in [9.17, 15) is 4.79 Å². The Morgan fingerprint density at radius 3 is 2.32 bits per heavy atom. The molecule has 0 fully saturated rings. The number of para-hydroxylation sites is 1. The van der Waals surface area contributed by atoms with Gasteiger partial charge in [0, 0.05) is 22.1 Å². The van der Waals surface area contributed by atoms with Crippen molar-refractivity contribution in [2.75, 3.05) is 5.32 Å². The maximum absolute atomic E-state index is 12.4. The minimum absolute atomic E-state index is 0.0365. The van der Waals surface area contributed by atoms with Crippen molar-refractivity contribution in [1.29, 1.82) is 0 Å². The van der Waals surface area contributed by atoms with E-state index in [0.29, 0.717) is 22.9 Å². The number of thioether (sulfide) groups is 1. The van der Waals surface area contributed by atoms with Crippen molar-refractivity contribution < 1.29 is 4.79 Å². The number of amides is 1. The first-order valence-corrected chi connectivity index (χ1v) is 10.8. The second kappa shape index (κ2) is 10.2. The molecule has 1 amide bonds. The molecule has 3 aromatic rings. The van der Waals surface area contributed by atoms with Crippen LogP contribution in [0.2, 0.25) is 15.1 Å². The first kappa shape index (κ1) is 21.1. The molecule has 0 unspecified atom stereocenters. The summed E-state index contributed by atoms with van der Waals surface area (Å²) in [5.41, 5.74) is 2.98. The molecule has 0 atom stereocenters. The quantitative estimate of drug-likeness (QED) is 0.377. The van der Waals surface area contributed by atoms with Crippen LogP contribution in [0.3, 0.4) is 0 Å². The molecule has 0 aliphatic rings. The molecule has 0 aliphatic heterocycles. The molecule has 2 nitrogen and oxygen atoms in total. The third-order valence-electron chi connectivity index (χ3n) is 4.09. The topological polar surface area (TPSA) is 29.1 Å². The van der Waals surface area contributed by atoms with Crippen LogP contribution < -0.4 is 5.32 Å². The first-order valence-electron chi connectivity index (χ1n) is 8.71. The number of carbonyl (C=O) groups is 1. The van der Waals surface area contributed by atoms with E-state index >= 15 is 0 Å². The van der Waals surface area contributed by atoms with Crippen LogP contribution >= 0.6 is 46.6 Å². The van der Waals surface area contributed by atoms with E-state index in [1.54, 1.807) is 23.9 Å². The maximum atomic E-state index is 12.4. The van der Waals surface area contributed by atoms with Crippen LogP contribution in [0, 0.1) is 0 Å². The van der Waals surface area contributed by atoms with Gasteiger partial charge >= 0.3 is 0 Å². The molecule has 0 saturated carbocycles. The van der Waals surface area contributed by atoms with Crippen molar-refractivity contribution in [2.24, 2.45) is 0 Å². The van der Waals surface area contributed by atoms with Gasteiger partial charge in [-0.2, -0.15) is 0 Å². The summed E-state index contributed by atoms with van der Waals surface area (Å²) < 4.78 is 0. The SMILES string of the molecule is O=C(CCc1ccc(Cl)c(Cl)c1)Nc1ccccc1SCc1ccc(Cl)cc1. The monoisotopic (exact) mass is 449 g/mol. The molecule has 0 heterocycles. The number of carbonyl (C=O) groups excluding carboxylic acids is 1. The number of hydrogen-bond acceptors (Lipinski definition) is 2. The van der Waals surface area contributed by atoms with Gasteiger partial charge in [-0.25, -0.2) is 0 Å². The molecule has 3 rings (SSSR count). The standard InChI is InChI=1S/C22H18Cl3NOS/c23-17-9-5-16(6-10-17)14-28-21-4-2-1-3-20(21)26-22(27)12-8-15-7-11-18(24)19(25)13-15/h1-7,9-11,13H,8,12,14H2,(H,26,27). The van der Waals surface area contributed by atoms with Crippen LogP contribution in [0.15, 0.2) is 71.6 Å². The summed E-state index contributed by atoms with van der Waals surface area (Å²) in [6.07, 6.45) is 0.969. The van der Waals surface area contributed by atoms with E-state index < -0.39 is 0 Å². The normalized spacial score (nSPS) is 10.7. The molecule has 6 heteroatoms. The van der Waals surface area contributed by atoms with E-state index in [1.165, 1.54) is 5.56 Å². The Balaban J connectivity index is 1.58. The van der Waals surface area contributed by atoms with E-state index in [4.69, 9.17) is 34.8 Å². The highest BCUT2D eigenvalue weighted by Crippen LogP contribution is 2.30. The lowest BCUT2D eigenvalue weighted by atomic mass is 10.1. The summed E-state index contributed by atoms with van der Waals surface area (Å²) in [7, 11) is 0. The highest BCUT2D eigenvalue weighted by Gasteiger charge is 2.09. The first-order chi connectivity index (χ1) is 13.5. The highest BCUT2D eigenvalue weighted by molar-refractivity contribution is 7.98. The van der Waals surface area contributed by atoms with Crippen molar-refractivity contribution in [3.8, 4) is 0 Å². The van der Waals surface area contributed by atoms with Crippen LogP contribution in [0.4, 0.5) is 5.69 Å². The molecule has 144 valence electrons. The average molecular weight is 451 g/mol. The van der Waals surface area contributed by atoms with Crippen LogP contribution in [-0.4, -0.2) is 5.91 Å². The zero-order valence-corrected chi connectivity index (χ0v) is 18.0. The molecule has 0 saturated heterocycles. The molecule has 3 aromatic carbocycles. The molecule has 0 spiro atoms. The predicted octanol–water partition coefficient (Wildman–Crippen LogP) is 7.51. The van der Waals surface area contributed by atoms with Gasteiger partial charge in [0.2, 0.25) is 5.91 Å². The summed E-state index contributed by atoms with van der Waals surface area (Å²) in [4.78, 5) is 13.4. The number of nitrogens with one attached hydrogen (secondary N) is 1. The number of anilines is 1. The molecule has 28 heavy (non-hydrogen) atoms. The van der Waals surface area contributed by atoms with Crippen molar-refractivity contribution in [2.45, 2.75) is 23.5 Å².